The van der Waals surface area contributed by atoms with Gasteiger partial charge >= 0.3 is 0 Å². The van der Waals surface area contributed by atoms with E-state index in [0.29, 0.717) is 17.3 Å². The van der Waals surface area contributed by atoms with E-state index in [4.69, 9.17) is 4.74 Å². The number of H-pyrrole nitrogens is 1. The third-order valence-corrected chi connectivity index (χ3v) is 2.98. The van der Waals surface area contributed by atoms with Crippen LogP contribution in [0.4, 0.5) is 0 Å². The average molecular weight is 287 g/mol. The molecule has 0 amide bonds. The average Bonchev–Trinajstić information content (AvgIpc) is 3.05. The summed E-state index contributed by atoms with van der Waals surface area (Å²) in [6.45, 7) is 1.74. The summed E-state index contributed by atoms with van der Waals surface area (Å²) in [5.41, 5.74) is 0.480. The number of aromatic amines is 1. The lowest BCUT2D eigenvalue weighted by molar-refractivity contribution is 0.394. The molecule has 0 aliphatic rings. The molecule has 3 aromatic rings. The molecule has 0 fully saturated rings. The zero-order valence-electron chi connectivity index (χ0n) is 11.7. The number of hydrogen-bond donors (Lipinski definition) is 1. The topological polar surface area (TPSA) is 104 Å². The van der Waals surface area contributed by atoms with Crippen molar-refractivity contribution in [2.24, 2.45) is 7.05 Å². The smallest absolute Gasteiger partial charge is 0.279 e. The van der Waals surface area contributed by atoms with Crippen molar-refractivity contribution in [1.82, 2.24) is 34.5 Å². The third-order valence-electron chi connectivity index (χ3n) is 2.98. The molecule has 0 saturated heterocycles. The van der Waals surface area contributed by atoms with Crippen LogP contribution in [0.15, 0.2) is 23.4 Å². The first-order valence-electron chi connectivity index (χ1n) is 6.16. The number of methoxy groups -OCH3 is 1. The van der Waals surface area contributed by atoms with Gasteiger partial charge in [0.1, 0.15) is 11.5 Å². The van der Waals surface area contributed by atoms with Gasteiger partial charge in [-0.3, -0.25) is 14.0 Å². The summed E-state index contributed by atoms with van der Waals surface area (Å²) in [6, 6.07) is 1.79. The Kier molecular flexibility index (Phi) is 3.01. The summed E-state index contributed by atoms with van der Waals surface area (Å²) >= 11 is 0. The molecule has 3 heterocycles. The standard InChI is InChI=1S/C12H13N7O2/c1-7-15-16-10(8-4-5-18(2)17-8)19(7)9-11(20)13-6-14-12(9)21-3/h4-6H,1-3H3,(H,13,14,20). The number of nitrogens with zero attached hydrogens (tertiary/aromatic N) is 6. The van der Waals surface area contributed by atoms with Crippen molar-refractivity contribution in [3.05, 3.63) is 34.8 Å². The molecule has 0 saturated carbocycles. The second kappa shape index (κ2) is 4.85. The summed E-state index contributed by atoms with van der Waals surface area (Å²) in [4.78, 5) is 18.7. The molecule has 9 heteroatoms. The van der Waals surface area contributed by atoms with E-state index in [1.165, 1.54) is 13.4 Å². The van der Waals surface area contributed by atoms with E-state index in [1.807, 2.05) is 0 Å². The Labute approximate surface area is 119 Å². The highest BCUT2D eigenvalue weighted by molar-refractivity contribution is 5.55. The minimum atomic E-state index is -0.345. The number of nitrogens with one attached hydrogen (secondary N) is 1. The van der Waals surface area contributed by atoms with Crippen LogP contribution in [0, 0.1) is 6.92 Å². The van der Waals surface area contributed by atoms with Crippen LogP contribution in [-0.2, 0) is 7.05 Å². The highest BCUT2D eigenvalue weighted by Crippen LogP contribution is 2.23. The first-order chi connectivity index (χ1) is 10.1. The molecule has 21 heavy (non-hydrogen) atoms. The van der Waals surface area contributed by atoms with Crippen LogP contribution >= 0.6 is 0 Å². The molecule has 0 bridgehead atoms. The fourth-order valence-electron chi connectivity index (χ4n) is 2.05. The van der Waals surface area contributed by atoms with Crippen LogP contribution in [0.25, 0.3) is 17.2 Å². The van der Waals surface area contributed by atoms with Crippen molar-refractivity contribution >= 4 is 0 Å². The van der Waals surface area contributed by atoms with E-state index in [0.717, 1.165) is 0 Å². The Morgan fingerprint density at radius 1 is 1.33 bits per heavy atom. The number of aromatic nitrogens is 7. The fraction of sp³-hybridized carbons (Fsp3) is 0.250. The number of ether oxygens (including phenoxy) is 1. The van der Waals surface area contributed by atoms with Crippen LogP contribution in [0.1, 0.15) is 5.82 Å². The predicted octanol–water partition coefficient (Wildman–Crippen LogP) is 0.0681. The summed E-state index contributed by atoms with van der Waals surface area (Å²) in [6.07, 6.45) is 3.07. The molecule has 1 N–H and O–H groups in total. The highest BCUT2D eigenvalue weighted by Gasteiger charge is 2.21. The zero-order chi connectivity index (χ0) is 15.0. The van der Waals surface area contributed by atoms with Crippen molar-refractivity contribution in [2.45, 2.75) is 6.92 Å². The summed E-state index contributed by atoms with van der Waals surface area (Å²) in [7, 11) is 3.25. The minimum Gasteiger partial charge on any atom is -0.479 e. The molecule has 3 rings (SSSR count). The molecule has 0 aliphatic carbocycles. The number of rotatable bonds is 3. The summed E-state index contributed by atoms with van der Waals surface area (Å²) in [5, 5.41) is 12.4. The molecular weight excluding hydrogens is 274 g/mol. The van der Waals surface area contributed by atoms with Crippen LogP contribution in [0.5, 0.6) is 5.88 Å². The normalized spacial score (nSPS) is 10.8. The van der Waals surface area contributed by atoms with E-state index < -0.39 is 0 Å². The van der Waals surface area contributed by atoms with Crippen molar-refractivity contribution in [2.75, 3.05) is 7.11 Å². The zero-order valence-corrected chi connectivity index (χ0v) is 11.7. The van der Waals surface area contributed by atoms with Crippen LogP contribution < -0.4 is 10.3 Å². The third kappa shape index (κ3) is 2.08. The Hall–Kier alpha value is -2.97. The second-order valence-electron chi connectivity index (χ2n) is 4.37. The van der Waals surface area contributed by atoms with Crippen molar-refractivity contribution in [3.8, 4) is 23.1 Å². The molecule has 0 radical (unpaired) electrons. The van der Waals surface area contributed by atoms with Gasteiger partial charge in [0.2, 0.25) is 5.88 Å². The maximum atomic E-state index is 12.2. The quantitative estimate of drug-likeness (QED) is 0.731. The van der Waals surface area contributed by atoms with Gasteiger partial charge in [-0.25, -0.2) is 4.98 Å². The maximum Gasteiger partial charge on any atom is 0.279 e. The molecule has 3 aromatic heterocycles. The lowest BCUT2D eigenvalue weighted by Crippen LogP contribution is -2.18. The predicted molar refractivity (Wildman–Crippen MR) is 73.3 cm³/mol. The van der Waals surface area contributed by atoms with Crippen LogP contribution in [0.3, 0.4) is 0 Å². The van der Waals surface area contributed by atoms with Crippen molar-refractivity contribution in [3.63, 3.8) is 0 Å². The van der Waals surface area contributed by atoms with E-state index in [1.54, 1.807) is 35.5 Å². The van der Waals surface area contributed by atoms with Gasteiger partial charge in [-0.2, -0.15) is 5.10 Å². The van der Waals surface area contributed by atoms with Crippen molar-refractivity contribution in [1.29, 1.82) is 0 Å². The van der Waals surface area contributed by atoms with Gasteiger partial charge in [-0.05, 0) is 13.0 Å². The fourth-order valence-corrected chi connectivity index (χ4v) is 2.05. The molecule has 108 valence electrons. The Morgan fingerprint density at radius 2 is 2.14 bits per heavy atom. The Balaban J connectivity index is 2.30. The van der Waals surface area contributed by atoms with Gasteiger partial charge in [0.25, 0.3) is 5.56 Å². The minimum absolute atomic E-state index is 0.193. The van der Waals surface area contributed by atoms with Gasteiger partial charge < -0.3 is 9.72 Å². The molecule has 0 aromatic carbocycles. The molecule has 9 nitrogen and oxygen atoms in total. The second-order valence-corrected chi connectivity index (χ2v) is 4.37. The summed E-state index contributed by atoms with van der Waals surface area (Å²) < 4.78 is 8.39. The van der Waals surface area contributed by atoms with E-state index in [2.05, 4.69) is 25.3 Å². The molecule has 0 aliphatic heterocycles. The van der Waals surface area contributed by atoms with E-state index >= 15 is 0 Å². The van der Waals surface area contributed by atoms with Crippen LogP contribution in [-0.4, -0.2) is 41.6 Å². The van der Waals surface area contributed by atoms with E-state index in [9.17, 15) is 4.79 Å². The lowest BCUT2D eigenvalue weighted by Gasteiger charge is -2.09. The maximum absolute atomic E-state index is 12.2. The highest BCUT2D eigenvalue weighted by atomic mass is 16.5. The Bertz CT molecular complexity index is 845. The van der Waals surface area contributed by atoms with E-state index in [-0.39, 0.29) is 17.1 Å². The first kappa shape index (κ1) is 13.0. The van der Waals surface area contributed by atoms with Crippen molar-refractivity contribution < 1.29 is 4.74 Å². The van der Waals surface area contributed by atoms with Gasteiger partial charge in [0.15, 0.2) is 11.5 Å². The molecule has 0 unspecified atom stereocenters. The van der Waals surface area contributed by atoms with Gasteiger partial charge in [-0.15, -0.1) is 10.2 Å². The Morgan fingerprint density at radius 3 is 2.81 bits per heavy atom. The van der Waals surface area contributed by atoms with Gasteiger partial charge in [0, 0.05) is 13.2 Å². The number of hydrogen-bond acceptors (Lipinski definition) is 6. The molecule has 0 atom stereocenters. The number of aryl methyl sites for hydroxylation is 2. The molecular formula is C12H13N7O2. The lowest BCUT2D eigenvalue weighted by atomic mass is 10.3. The largest absolute Gasteiger partial charge is 0.479 e. The SMILES string of the molecule is COc1nc[nH]c(=O)c1-n1c(C)nnc1-c1ccn(C)n1. The van der Waals surface area contributed by atoms with Gasteiger partial charge in [-0.1, -0.05) is 0 Å². The summed E-state index contributed by atoms with van der Waals surface area (Å²) in [5.74, 6) is 1.18. The van der Waals surface area contributed by atoms with Crippen LogP contribution in [0.2, 0.25) is 0 Å². The van der Waals surface area contributed by atoms with Gasteiger partial charge in [0.05, 0.1) is 13.4 Å². The monoisotopic (exact) mass is 287 g/mol. The molecule has 0 spiro atoms. The first-order valence-corrected chi connectivity index (χ1v) is 6.16.